The van der Waals surface area contributed by atoms with E-state index >= 15 is 0 Å². The van der Waals surface area contributed by atoms with Crippen molar-refractivity contribution in [3.63, 3.8) is 0 Å². The molecule has 0 radical (unpaired) electrons. The van der Waals surface area contributed by atoms with Gasteiger partial charge >= 0.3 is 118 Å². The summed E-state index contributed by atoms with van der Waals surface area (Å²) in [4.78, 5) is 22.5. The van der Waals surface area contributed by atoms with Crippen LogP contribution >= 0.6 is 34.8 Å². The van der Waals surface area contributed by atoms with Crippen molar-refractivity contribution in [1.29, 1.82) is 0 Å². The van der Waals surface area contributed by atoms with Gasteiger partial charge in [0.15, 0.2) is 0 Å². The summed E-state index contributed by atoms with van der Waals surface area (Å²) in [6.45, 7) is 0. The van der Waals surface area contributed by atoms with Crippen LogP contribution in [0, 0.1) is 0 Å². The molecule has 1 rings (SSSR count). The molecule has 0 aliphatic rings. The van der Waals surface area contributed by atoms with E-state index in [0.29, 0.717) is 0 Å². The molecule has 0 aromatic heterocycles. The molecular formula is C8HCl3O2Se2-2. The fraction of sp³-hybridized carbons (Fsp3) is 0. The van der Waals surface area contributed by atoms with Gasteiger partial charge in [-0.1, -0.05) is 0 Å². The van der Waals surface area contributed by atoms with Crippen LogP contribution < -0.4 is 0 Å². The molecule has 0 aliphatic heterocycles. The minimum absolute atomic E-state index is 0.0217. The quantitative estimate of drug-likeness (QED) is 0.571. The zero-order chi connectivity index (χ0) is 11.7. The summed E-state index contributed by atoms with van der Waals surface area (Å²) >= 11 is 21.8. The second-order valence-electron chi connectivity index (χ2n) is 2.48. The van der Waals surface area contributed by atoms with Crippen LogP contribution in [0.5, 0.6) is 0 Å². The number of halogens is 3. The normalized spacial score (nSPS) is 10.1. The number of hydrogen-bond donors (Lipinski definition) is 0. The summed E-state index contributed by atoms with van der Waals surface area (Å²) < 4.78 is -0.883. The number of rotatable bonds is 2. The van der Waals surface area contributed by atoms with Crippen molar-refractivity contribution in [2.75, 3.05) is 0 Å². The first-order valence-electron chi connectivity index (χ1n) is 3.46. The number of carbonyl (C=O) groups excluding carboxylic acids is 2. The molecule has 7 heteroatoms. The van der Waals surface area contributed by atoms with Crippen LogP contribution in [0.2, 0.25) is 15.1 Å². The predicted octanol–water partition coefficient (Wildman–Crippen LogP) is 2.26. The molecule has 0 spiro atoms. The van der Waals surface area contributed by atoms with Gasteiger partial charge in [0.2, 0.25) is 0 Å². The molecule has 0 fully saturated rings. The summed E-state index contributed by atoms with van der Waals surface area (Å²) in [5.74, 6) is 0. The van der Waals surface area contributed by atoms with Gasteiger partial charge in [0.25, 0.3) is 0 Å². The summed E-state index contributed by atoms with van der Waals surface area (Å²) in [5.41, 5.74) is 0.146. The van der Waals surface area contributed by atoms with E-state index < -0.39 is 9.36 Å². The monoisotopic (exact) mass is 394 g/mol. The van der Waals surface area contributed by atoms with E-state index in [9.17, 15) is 9.59 Å². The molecule has 0 unspecified atom stereocenters. The van der Waals surface area contributed by atoms with Crippen LogP contribution in [0.25, 0.3) is 0 Å². The Bertz CT molecular complexity index is 460. The van der Waals surface area contributed by atoms with Gasteiger partial charge in [-0.3, -0.25) is 0 Å². The van der Waals surface area contributed by atoms with Gasteiger partial charge in [-0.2, -0.15) is 0 Å². The van der Waals surface area contributed by atoms with Crippen molar-refractivity contribution < 1.29 is 9.59 Å². The summed E-state index contributed by atoms with van der Waals surface area (Å²) in [6.07, 6.45) is 0. The molecule has 0 atom stereocenters. The molecule has 0 saturated heterocycles. The van der Waals surface area contributed by atoms with E-state index in [4.69, 9.17) is 34.8 Å². The predicted molar refractivity (Wildman–Crippen MR) is 61.6 cm³/mol. The van der Waals surface area contributed by atoms with E-state index in [-0.39, 0.29) is 26.2 Å². The summed E-state index contributed by atoms with van der Waals surface area (Å²) in [7, 11) is 0. The summed E-state index contributed by atoms with van der Waals surface area (Å²) in [6, 6.07) is 1.30. The maximum atomic E-state index is 11.2. The van der Waals surface area contributed by atoms with Gasteiger partial charge in [0.1, 0.15) is 0 Å². The molecular weight excluding hydrogens is 392 g/mol. The van der Waals surface area contributed by atoms with E-state index in [1.165, 1.54) is 6.07 Å². The Morgan fingerprint density at radius 3 is 1.93 bits per heavy atom. The molecule has 0 saturated carbocycles. The van der Waals surface area contributed by atoms with Crippen LogP contribution in [-0.4, -0.2) is 41.4 Å². The topological polar surface area (TPSA) is 34.1 Å². The number of carbonyl (C=O) groups is 2. The van der Waals surface area contributed by atoms with Gasteiger partial charge in [0.05, 0.1) is 0 Å². The van der Waals surface area contributed by atoms with Crippen molar-refractivity contribution in [2.45, 2.75) is 0 Å². The first kappa shape index (κ1) is 13.5. The molecule has 80 valence electrons. The van der Waals surface area contributed by atoms with Crippen molar-refractivity contribution in [1.82, 2.24) is 0 Å². The molecule has 0 aliphatic carbocycles. The van der Waals surface area contributed by atoms with Crippen LogP contribution in [0.4, 0.5) is 0 Å². The maximum absolute atomic E-state index is 11.2. The molecule has 1 aromatic carbocycles. The molecule has 2 nitrogen and oxygen atoms in total. The fourth-order valence-corrected chi connectivity index (χ4v) is 2.56. The van der Waals surface area contributed by atoms with Crippen LogP contribution in [-0.2, 0) is 0 Å². The van der Waals surface area contributed by atoms with Crippen molar-refractivity contribution in [3.8, 4) is 0 Å². The van der Waals surface area contributed by atoms with Gasteiger partial charge in [-0.25, -0.2) is 0 Å². The Labute approximate surface area is 117 Å². The number of benzene rings is 1. The van der Waals surface area contributed by atoms with Crippen LogP contribution in [0.1, 0.15) is 20.7 Å². The molecule has 0 amide bonds. The van der Waals surface area contributed by atoms with Gasteiger partial charge in [-0.15, -0.1) is 0 Å². The fourth-order valence-electron chi connectivity index (χ4n) is 0.956. The van der Waals surface area contributed by atoms with Crippen molar-refractivity contribution >= 4 is 76.2 Å². The van der Waals surface area contributed by atoms with Crippen molar-refractivity contribution in [3.05, 3.63) is 32.3 Å². The summed E-state index contributed by atoms with van der Waals surface area (Å²) in [5, 5.41) is 0.165. The molecule has 0 bridgehead atoms. The van der Waals surface area contributed by atoms with Crippen LogP contribution in [0.3, 0.4) is 0 Å². The molecule has 0 heterocycles. The van der Waals surface area contributed by atoms with E-state index in [1.807, 2.05) is 0 Å². The second kappa shape index (κ2) is 5.20. The second-order valence-corrected chi connectivity index (χ2v) is 5.20. The molecule has 0 N–H and O–H groups in total. The first-order chi connectivity index (χ1) is 6.86. The van der Waals surface area contributed by atoms with Crippen molar-refractivity contribution in [2.24, 2.45) is 0 Å². The third-order valence-corrected chi connectivity index (χ3v) is 3.74. The Balaban J connectivity index is 3.65. The standard InChI is InChI=1S/C8H3Cl3O2Se2/c9-3-1-2(7(12)14)4(8(13)15)6(11)5(3)10/h1H,(H,12,14)(H,13,15)/p-2. The average molecular weight is 393 g/mol. The van der Waals surface area contributed by atoms with E-state index in [0.717, 1.165) is 0 Å². The zero-order valence-corrected chi connectivity index (χ0v) is 12.5. The SMILES string of the molecule is O=C([Se-])c1cc(Cl)c(Cl)c(Cl)c1C(=O)[Se-]. The Kier molecular flexibility index (Phi) is 4.69. The van der Waals surface area contributed by atoms with Gasteiger partial charge < -0.3 is 0 Å². The molecule has 15 heavy (non-hydrogen) atoms. The molecule has 1 aromatic rings. The minimum atomic E-state index is -0.461. The van der Waals surface area contributed by atoms with Crippen LogP contribution in [0.15, 0.2) is 6.07 Å². The Hall–Kier alpha value is 0.469. The third kappa shape index (κ3) is 2.78. The van der Waals surface area contributed by atoms with Gasteiger partial charge in [0, 0.05) is 0 Å². The Morgan fingerprint density at radius 2 is 1.53 bits per heavy atom. The van der Waals surface area contributed by atoms with Gasteiger partial charge in [-0.05, 0) is 0 Å². The Morgan fingerprint density at radius 1 is 1.00 bits per heavy atom. The zero-order valence-electron chi connectivity index (χ0n) is 6.84. The third-order valence-electron chi connectivity index (χ3n) is 1.59. The van der Waals surface area contributed by atoms with E-state index in [1.54, 1.807) is 0 Å². The first-order valence-corrected chi connectivity index (χ1v) is 6.31. The number of hydrogen-bond acceptors (Lipinski definition) is 2. The van der Waals surface area contributed by atoms with E-state index in [2.05, 4.69) is 32.0 Å². The average Bonchev–Trinajstić information content (AvgIpc) is 2.12.